The highest BCUT2D eigenvalue weighted by Crippen LogP contribution is 2.44. The Balaban J connectivity index is 1.54. The molecule has 2 unspecified atom stereocenters. The minimum Gasteiger partial charge on any atom is -0.448 e. The smallest absolute Gasteiger partial charge is 0.410 e. The Morgan fingerprint density at radius 2 is 1.62 bits per heavy atom. The summed E-state index contributed by atoms with van der Waals surface area (Å²) in [6, 6.07) is 17.1. The number of benzene rings is 2. The molecular formula is C21H23NO2. The van der Waals surface area contributed by atoms with Gasteiger partial charge in [-0.1, -0.05) is 55.5 Å². The van der Waals surface area contributed by atoms with Gasteiger partial charge in [-0.15, -0.1) is 0 Å². The number of amides is 1. The fourth-order valence-corrected chi connectivity index (χ4v) is 4.23. The molecule has 0 aromatic heterocycles. The molecule has 1 aliphatic carbocycles. The van der Waals surface area contributed by atoms with Crippen molar-refractivity contribution in [3.63, 3.8) is 0 Å². The van der Waals surface area contributed by atoms with Crippen molar-refractivity contribution in [1.29, 1.82) is 0 Å². The van der Waals surface area contributed by atoms with E-state index in [-0.39, 0.29) is 18.1 Å². The van der Waals surface area contributed by atoms with Crippen LogP contribution < -0.4 is 0 Å². The van der Waals surface area contributed by atoms with Gasteiger partial charge in [-0.3, -0.25) is 0 Å². The Morgan fingerprint density at radius 1 is 1.04 bits per heavy atom. The molecule has 2 atom stereocenters. The normalized spacial score (nSPS) is 22.3. The van der Waals surface area contributed by atoms with E-state index in [0.717, 1.165) is 13.0 Å². The first kappa shape index (κ1) is 15.3. The van der Waals surface area contributed by atoms with Crippen molar-refractivity contribution in [1.82, 2.24) is 4.90 Å². The van der Waals surface area contributed by atoms with Gasteiger partial charge in [0.25, 0.3) is 0 Å². The van der Waals surface area contributed by atoms with Gasteiger partial charge in [0.05, 0.1) is 0 Å². The van der Waals surface area contributed by atoms with E-state index in [9.17, 15) is 4.79 Å². The van der Waals surface area contributed by atoms with Crippen LogP contribution in [0.15, 0.2) is 48.5 Å². The fourth-order valence-electron chi connectivity index (χ4n) is 4.23. The van der Waals surface area contributed by atoms with E-state index >= 15 is 0 Å². The van der Waals surface area contributed by atoms with Crippen molar-refractivity contribution in [2.75, 3.05) is 13.2 Å². The second kappa shape index (κ2) is 5.97. The number of hydrogen-bond acceptors (Lipinski definition) is 2. The summed E-state index contributed by atoms with van der Waals surface area (Å²) in [7, 11) is 0. The van der Waals surface area contributed by atoms with Gasteiger partial charge >= 0.3 is 6.09 Å². The van der Waals surface area contributed by atoms with Crippen LogP contribution in [0.1, 0.15) is 37.3 Å². The van der Waals surface area contributed by atoms with Crippen LogP contribution in [0.25, 0.3) is 11.1 Å². The summed E-state index contributed by atoms with van der Waals surface area (Å²) in [5.74, 6) is 0.692. The molecule has 124 valence electrons. The summed E-state index contributed by atoms with van der Waals surface area (Å²) < 4.78 is 5.73. The summed E-state index contributed by atoms with van der Waals surface area (Å²) in [4.78, 5) is 14.4. The molecular weight excluding hydrogens is 298 g/mol. The van der Waals surface area contributed by atoms with Crippen LogP contribution in [0, 0.1) is 5.92 Å². The van der Waals surface area contributed by atoms with Crippen molar-refractivity contribution in [2.24, 2.45) is 5.92 Å². The number of hydrogen-bond donors (Lipinski definition) is 0. The monoisotopic (exact) mass is 321 g/mol. The van der Waals surface area contributed by atoms with Crippen LogP contribution in [0.2, 0.25) is 0 Å². The maximum Gasteiger partial charge on any atom is 0.410 e. The molecule has 1 amide bonds. The number of carbonyl (C=O) groups is 1. The quantitative estimate of drug-likeness (QED) is 0.804. The molecule has 4 rings (SSSR count). The largest absolute Gasteiger partial charge is 0.448 e. The van der Waals surface area contributed by atoms with E-state index < -0.39 is 0 Å². The van der Waals surface area contributed by atoms with E-state index in [4.69, 9.17) is 4.74 Å². The fraction of sp³-hybridized carbons (Fsp3) is 0.381. The predicted octanol–water partition coefficient (Wildman–Crippen LogP) is 4.67. The first-order valence-corrected chi connectivity index (χ1v) is 8.76. The topological polar surface area (TPSA) is 29.5 Å². The number of rotatable bonds is 2. The third kappa shape index (κ3) is 2.48. The molecule has 1 aliphatic heterocycles. The van der Waals surface area contributed by atoms with Crippen molar-refractivity contribution in [3.8, 4) is 11.1 Å². The number of ether oxygens (including phenoxy) is 1. The van der Waals surface area contributed by atoms with Crippen LogP contribution in [0.4, 0.5) is 4.79 Å². The van der Waals surface area contributed by atoms with Gasteiger partial charge in [0.15, 0.2) is 0 Å². The SMILES string of the molecule is CC1CC(C)N(C(=O)OCC2c3ccccc3-c3ccccc32)C1. The van der Waals surface area contributed by atoms with E-state index in [1.165, 1.54) is 22.3 Å². The first-order chi connectivity index (χ1) is 11.6. The number of likely N-dealkylation sites (tertiary alicyclic amines) is 1. The summed E-state index contributed by atoms with van der Waals surface area (Å²) >= 11 is 0. The molecule has 0 spiro atoms. The van der Waals surface area contributed by atoms with Crippen molar-refractivity contribution in [3.05, 3.63) is 59.7 Å². The average molecular weight is 321 g/mol. The highest BCUT2D eigenvalue weighted by atomic mass is 16.6. The first-order valence-electron chi connectivity index (χ1n) is 8.76. The van der Waals surface area contributed by atoms with Gasteiger partial charge in [0.1, 0.15) is 6.61 Å². The molecule has 2 aromatic carbocycles. The van der Waals surface area contributed by atoms with Crippen LogP contribution >= 0.6 is 0 Å². The molecule has 3 nitrogen and oxygen atoms in total. The molecule has 3 heteroatoms. The van der Waals surface area contributed by atoms with E-state index in [1.807, 2.05) is 4.90 Å². The Hall–Kier alpha value is -2.29. The van der Waals surface area contributed by atoms with Gasteiger partial charge in [0, 0.05) is 18.5 Å². The second-order valence-electron chi connectivity index (χ2n) is 7.15. The third-order valence-corrected chi connectivity index (χ3v) is 5.35. The molecule has 1 fully saturated rings. The van der Waals surface area contributed by atoms with Crippen molar-refractivity contribution >= 4 is 6.09 Å². The van der Waals surface area contributed by atoms with Crippen molar-refractivity contribution < 1.29 is 9.53 Å². The zero-order chi connectivity index (χ0) is 16.7. The third-order valence-electron chi connectivity index (χ3n) is 5.35. The highest BCUT2D eigenvalue weighted by molar-refractivity contribution is 5.79. The highest BCUT2D eigenvalue weighted by Gasteiger charge is 2.33. The van der Waals surface area contributed by atoms with E-state index in [1.54, 1.807) is 0 Å². The molecule has 0 saturated carbocycles. The molecule has 24 heavy (non-hydrogen) atoms. The van der Waals surface area contributed by atoms with Gasteiger partial charge in [0.2, 0.25) is 0 Å². The molecule has 1 heterocycles. The van der Waals surface area contributed by atoms with Gasteiger partial charge < -0.3 is 9.64 Å². The zero-order valence-corrected chi connectivity index (χ0v) is 14.2. The average Bonchev–Trinajstić information content (AvgIpc) is 3.10. The lowest BCUT2D eigenvalue weighted by atomic mass is 9.98. The van der Waals surface area contributed by atoms with Crippen LogP contribution in [0.3, 0.4) is 0 Å². The maximum atomic E-state index is 12.5. The summed E-state index contributed by atoms with van der Waals surface area (Å²) in [5.41, 5.74) is 5.04. The molecule has 2 aliphatic rings. The lowest BCUT2D eigenvalue weighted by Crippen LogP contribution is -2.35. The number of carbonyl (C=O) groups excluding carboxylic acids is 1. The number of nitrogens with zero attached hydrogens (tertiary/aromatic N) is 1. The van der Waals surface area contributed by atoms with Crippen LogP contribution in [0.5, 0.6) is 0 Å². The summed E-state index contributed by atoms with van der Waals surface area (Å²) in [6.07, 6.45) is 0.887. The van der Waals surface area contributed by atoms with Gasteiger partial charge in [-0.05, 0) is 41.5 Å². The second-order valence-corrected chi connectivity index (χ2v) is 7.15. The van der Waals surface area contributed by atoms with E-state index in [0.29, 0.717) is 12.5 Å². The van der Waals surface area contributed by atoms with E-state index in [2.05, 4.69) is 62.4 Å². The lowest BCUT2D eigenvalue weighted by molar-refractivity contribution is 0.0972. The van der Waals surface area contributed by atoms with Crippen LogP contribution in [-0.2, 0) is 4.74 Å². The predicted molar refractivity (Wildman–Crippen MR) is 95.0 cm³/mol. The summed E-state index contributed by atoms with van der Waals surface area (Å²) in [6.45, 7) is 5.50. The molecule has 0 N–H and O–H groups in total. The minimum absolute atomic E-state index is 0.136. The Bertz CT molecular complexity index is 724. The molecule has 0 bridgehead atoms. The Kier molecular flexibility index (Phi) is 3.79. The van der Waals surface area contributed by atoms with Gasteiger partial charge in [-0.2, -0.15) is 0 Å². The molecule has 2 aromatic rings. The Morgan fingerprint density at radius 3 is 2.17 bits per heavy atom. The molecule has 1 saturated heterocycles. The standard InChI is InChI=1S/C21H23NO2/c1-14-11-15(2)22(12-14)21(23)24-13-20-18-9-5-3-7-16(18)17-8-4-6-10-19(17)20/h3-10,14-15,20H,11-13H2,1-2H3. The molecule has 0 radical (unpaired) electrons. The maximum absolute atomic E-state index is 12.5. The van der Waals surface area contributed by atoms with Crippen LogP contribution in [-0.4, -0.2) is 30.2 Å². The lowest BCUT2D eigenvalue weighted by Gasteiger charge is -2.22. The zero-order valence-electron chi connectivity index (χ0n) is 14.2. The Labute approximate surface area is 143 Å². The minimum atomic E-state index is -0.172. The number of fused-ring (bicyclic) bond motifs is 3. The summed E-state index contributed by atoms with van der Waals surface area (Å²) in [5, 5.41) is 0. The van der Waals surface area contributed by atoms with Crippen molar-refractivity contribution in [2.45, 2.75) is 32.2 Å². The van der Waals surface area contributed by atoms with Gasteiger partial charge in [-0.25, -0.2) is 4.79 Å².